The lowest BCUT2D eigenvalue weighted by Crippen LogP contribution is -2.36. The smallest absolute Gasteiger partial charge is 0.0503 e. The molecule has 0 aromatic heterocycles. The summed E-state index contributed by atoms with van der Waals surface area (Å²) in [7, 11) is 1.78. The first-order chi connectivity index (χ1) is 6.51. The molecule has 84 valence electrons. The molecule has 1 aliphatic heterocycles. The zero-order valence-electron chi connectivity index (χ0n) is 9.75. The molecule has 1 aliphatic rings. The molecule has 3 nitrogen and oxygen atoms in total. The van der Waals surface area contributed by atoms with Gasteiger partial charge in [0.1, 0.15) is 0 Å². The number of rotatable bonds is 5. The van der Waals surface area contributed by atoms with E-state index in [1.54, 1.807) is 7.11 Å². The van der Waals surface area contributed by atoms with Crippen LogP contribution in [0.1, 0.15) is 26.7 Å². The van der Waals surface area contributed by atoms with Crippen LogP contribution in [0.2, 0.25) is 0 Å². The largest absolute Gasteiger partial charge is 0.384 e. The van der Waals surface area contributed by atoms with Gasteiger partial charge in [-0.05, 0) is 45.7 Å². The summed E-state index contributed by atoms with van der Waals surface area (Å²) in [4.78, 5) is 2.50. The molecule has 1 heterocycles. The Hall–Kier alpha value is -0.120. The van der Waals surface area contributed by atoms with Gasteiger partial charge in [0.15, 0.2) is 0 Å². The molecule has 1 unspecified atom stereocenters. The summed E-state index contributed by atoms with van der Waals surface area (Å²) in [5, 5.41) is 0. The van der Waals surface area contributed by atoms with E-state index in [0.717, 1.165) is 25.5 Å². The summed E-state index contributed by atoms with van der Waals surface area (Å²) in [5.74, 6) is 0.737. The number of nitrogens with zero attached hydrogens (tertiary/aromatic N) is 1. The van der Waals surface area contributed by atoms with E-state index in [4.69, 9.17) is 10.5 Å². The molecule has 1 saturated heterocycles. The molecular formula is C11H24N2O. The van der Waals surface area contributed by atoms with Gasteiger partial charge in [-0.3, -0.25) is 0 Å². The van der Waals surface area contributed by atoms with Crippen molar-refractivity contribution in [2.45, 2.75) is 32.2 Å². The van der Waals surface area contributed by atoms with Gasteiger partial charge >= 0.3 is 0 Å². The van der Waals surface area contributed by atoms with Crippen LogP contribution in [0.15, 0.2) is 0 Å². The Kier molecular flexibility index (Phi) is 4.35. The minimum atomic E-state index is -0.0284. The van der Waals surface area contributed by atoms with Gasteiger partial charge < -0.3 is 15.4 Å². The van der Waals surface area contributed by atoms with Crippen LogP contribution in [-0.4, -0.2) is 43.8 Å². The van der Waals surface area contributed by atoms with E-state index in [2.05, 4.69) is 18.7 Å². The van der Waals surface area contributed by atoms with E-state index in [1.165, 1.54) is 19.5 Å². The zero-order chi connectivity index (χ0) is 10.6. The Bertz CT molecular complexity index is 165. The lowest BCUT2D eigenvalue weighted by atomic mass is 10.0. The summed E-state index contributed by atoms with van der Waals surface area (Å²) in [5.41, 5.74) is 5.93. The van der Waals surface area contributed by atoms with Gasteiger partial charge in [-0.2, -0.15) is 0 Å². The molecule has 0 amide bonds. The molecule has 0 saturated carbocycles. The first-order valence-electron chi connectivity index (χ1n) is 5.51. The number of hydrogen-bond acceptors (Lipinski definition) is 3. The van der Waals surface area contributed by atoms with E-state index in [9.17, 15) is 0 Å². The minimum Gasteiger partial charge on any atom is -0.384 e. The fourth-order valence-corrected chi connectivity index (χ4v) is 1.93. The van der Waals surface area contributed by atoms with Gasteiger partial charge in [0, 0.05) is 19.2 Å². The lowest BCUT2D eigenvalue weighted by Gasteiger charge is -2.23. The number of hydrogen-bond donors (Lipinski definition) is 1. The highest BCUT2D eigenvalue weighted by Crippen LogP contribution is 2.17. The van der Waals surface area contributed by atoms with Gasteiger partial charge in [0.25, 0.3) is 0 Å². The SMILES string of the molecule is COCC1CCN(CCC(C)(C)N)C1. The topological polar surface area (TPSA) is 38.5 Å². The van der Waals surface area contributed by atoms with Gasteiger partial charge in [-0.25, -0.2) is 0 Å². The predicted octanol–water partition coefficient (Wildman–Crippen LogP) is 1.08. The van der Waals surface area contributed by atoms with Crippen LogP contribution >= 0.6 is 0 Å². The second-order valence-corrected chi connectivity index (χ2v) is 5.15. The average molecular weight is 200 g/mol. The second-order valence-electron chi connectivity index (χ2n) is 5.15. The molecule has 0 radical (unpaired) electrons. The van der Waals surface area contributed by atoms with Crippen molar-refractivity contribution in [1.82, 2.24) is 4.90 Å². The van der Waals surface area contributed by atoms with Gasteiger partial charge in [-0.15, -0.1) is 0 Å². The number of likely N-dealkylation sites (tertiary alicyclic amines) is 1. The van der Waals surface area contributed by atoms with Crippen LogP contribution in [0.3, 0.4) is 0 Å². The highest BCUT2D eigenvalue weighted by molar-refractivity contribution is 4.79. The van der Waals surface area contributed by atoms with Crippen molar-refractivity contribution in [3.8, 4) is 0 Å². The molecule has 14 heavy (non-hydrogen) atoms. The van der Waals surface area contributed by atoms with Gasteiger partial charge in [0.05, 0.1) is 6.61 Å². The molecule has 2 N–H and O–H groups in total. The molecule has 0 spiro atoms. The van der Waals surface area contributed by atoms with E-state index >= 15 is 0 Å². The number of methoxy groups -OCH3 is 1. The standard InChI is InChI=1S/C11H24N2O/c1-11(2,12)5-7-13-6-4-10(8-13)9-14-3/h10H,4-9,12H2,1-3H3. The third-order valence-corrected chi connectivity index (χ3v) is 2.84. The predicted molar refractivity (Wildman–Crippen MR) is 59.3 cm³/mol. The maximum atomic E-state index is 5.96. The molecule has 0 aliphatic carbocycles. The van der Waals surface area contributed by atoms with Crippen molar-refractivity contribution in [2.24, 2.45) is 11.7 Å². The average Bonchev–Trinajstić information content (AvgIpc) is 2.49. The van der Waals surface area contributed by atoms with Gasteiger partial charge in [0.2, 0.25) is 0 Å². The van der Waals surface area contributed by atoms with E-state index < -0.39 is 0 Å². The maximum Gasteiger partial charge on any atom is 0.0503 e. The fourth-order valence-electron chi connectivity index (χ4n) is 1.93. The van der Waals surface area contributed by atoms with E-state index in [-0.39, 0.29) is 5.54 Å². The first-order valence-corrected chi connectivity index (χ1v) is 5.51. The molecular weight excluding hydrogens is 176 g/mol. The van der Waals surface area contributed by atoms with E-state index in [1.807, 2.05) is 0 Å². The molecule has 0 bridgehead atoms. The highest BCUT2D eigenvalue weighted by Gasteiger charge is 2.23. The van der Waals surface area contributed by atoms with Crippen molar-refractivity contribution in [1.29, 1.82) is 0 Å². The summed E-state index contributed by atoms with van der Waals surface area (Å²) in [6.07, 6.45) is 2.35. The number of nitrogens with two attached hydrogens (primary N) is 1. The van der Waals surface area contributed by atoms with Crippen LogP contribution in [0.4, 0.5) is 0 Å². The quantitative estimate of drug-likeness (QED) is 0.722. The Balaban J connectivity index is 2.16. The van der Waals surface area contributed by atoms with Crippen molar-refractivity contribution >= 4 is 0 Å². The Labute approximate surface area is 87.6 Å². The van der Waals surface area contributed by atoms with Crippen LogP contribution in [-0.2, 0) is 4.74 Å². The van der Waals surface area contributed by atoms with Crippen molar-refractivity contribution < 1.29 is 4.74 Å². The lowest BCUT2D eigenvalue weighted by molar-refractivity contribution is 0.152. The zero-order valence-corrected chi connectivity index (χ0v) is 9.75. The highest BCUT2D eigenvalue weighted by atomic mass is 16.5. The van der Waals surface area contributed by atoms with Gasteiger partial charge in [-0.1, -0.05) is 0 Å². The van der Waals surface area contributed by atoms with Crippen molar-refractivity contribution in [3.05, 3.63) is 0 Å². The molecule has 1 atom stereocenters. The van der Waals surface area contributed by atoms with Crippen LogP contribution < -0.4 is 5.73 Å². The van der Waals surface area contributed by atoms with Crippen molar-refractivity contribution in [3.63, 3.8) is 0 Å². The first kappa shape index (κ1) is 12.0. The maximum absolute atomic E-state index is 5.96. The second kappa shape index (κ2) is 5.10. The Morgan fingerprint density at radius 1 is 1.50 bits per heavy atom. The Morgan fingerprint density at radius 3 is 2.79 bits per heavy atom. The summed E-state index contributed by atoms with van der Waals surface area (Å²) >= 11 is 0. The third kappa shape index (κ3) is 4.40. The summed E-state index contributed by atoms with van der Waals surface area (Å²) < 4.78 is 5.17. The number of ether oxygens (including phenoxy) is 1. The molecule has 0 aromatic carbocycles. The van der Waals surface area contributed by atoms with E-state index in [0.29, 0.717) is 0 Å². The Morgan fingerprint density at radius 2 is 2.21 bits per heavy atom. The summed E-state index contributed by atoms with van der Waals surface area (Å²) in [6.45, 7) is 8.62. The van der Waals surface area contributed by atoms with Crippen LogP contribution in [0.25, 0.3) is 0 Å². The third-order valence-electron chi connectivity index (χ3n) is 2.84. The normalized spacial score (nSPS) is 24.4. The fraction of sp³-hybridized carbons (Fsp3) is 1.00. The molecule has 0 aromatic rings. The minimum absolute atomic E-state index is 0.0284. The molecule has 1 fully saturated rings. The summed E-state index contributed by atoms with van der Waals surface area (Å²) in [6, 6.07) is 0. The van der Waals surface area contributed by atoms with Crippen molar-refractivity contribution in [2.75, 3.05) is 33.4 Å². The molecule has 3 heteroatoms. The molecule has 1 rings (SSSR count). The van der Waals surface area contributed by atoms with Crippen LogP contribution in [0.5, 0.6) is 0 Å². The monoisotopic (exact) mass is 200 g/mol. The van der Waals surface area contributed by atoms with Crippen LogP contribution in [0, 0.1) is 5.92 Å².